The van der Waals surface area contributed by atoms with Gasteiger partial charge in [-0.1, -0.05) is 11.6 Å². The number of hydrogen-bond donors (Lipinski definition) is 14. The van der Waals surface area contributed by atoms with E-state index in [1.807, 2.05) is 0 Å². The zero-order valence-electron chi connectivity index (χ0n) is 46.1. The third kappa shape index (κ3) is 15.4. The monoisotopic (exact) mass is 1510 g/mol. The summed E-state index contributed by atoms with van der Waals surface area (Å²) in [6, 6.07) is 7.62. The molecule has 0 saturated heterocycles. The first-order valence-corrected chi connectivity index (χ1v) is 36.5. The molecule has 7 aromatic carbocycles. The minimum Gasteiger partial charge on any atom is -0.505 e. The summed E-state index contributed by atoms with van der Waals surface area (Å²) in [4.78, 5) is 3.17. The summed E-state index contributed by atoms with van der Waals surface area (Å²) in [5.41, 5.74) is 0.455. The third-order valence-corrected chi connectivity index (χ3v) is 19.8. The van der Waals surface area contributed by atoms with Crippen molar-refractivity contribution in [3.05, 3.63) is 89.6 Å². The van der Waals surface area contributed by atoms with E-state index in [0.29, 0.717) is 47.1 Å². The summed E-state index contributed by atoms with van der Waals surface area (Å²) in [7, 11) is -43.1. The third-order valence-electron chi connectivity index (χ3n) is 12.5. The molecule has 510 valence electrons. The highest BCUT2D eigenvalue weighted by molar-refractivity contribution is 7.88. The number of aromatic carboxylic acids is 1. The van der Waals surface area contributed by atoms with Crippen molar-refractivity contribution >= 4 is 177 Å². The van der Waals surface area contributed by atoms with Crippen LogP contribution in [0.15, 0.2) is 154 Å². The van der Waals surface area contributed by atoms with Crippen LogP contribution in [0.2, 0.25) is 5.02 Å². The van der Waals surface area contributed by atoms with Crippen LogP contribution in [-0.2, 0) is 80.9 Å². The van der Waals surface area contributed by atoms with E-state index in [1.54, 1.807) is 0 Å². The minimum atomic E-state index is -5.85. The van der Waals surface area contributed by atoms with Crippen molar-refractivity contribution in [3.8, 4) is 28.8 Å². The number of carboxylic acids is 1. The number of ether oxygens (including phenoxy) is 1. The van der Waals surface area contributed by atoms with Crippen LogP contribution in [0.4, 0.5) is 56.9 Å². The molecule has 42 nitrogen and oxygen atoms in total. The molecule has 8 aromatic rings. The van der Waals surface area contributed by atoms with Gasteiger partial charge >= 0.3 is 5.97 Å². The Morgan fingerprint density at radius 1 is 0.490 bits per heavy atom. The number of fused-ring (bicyclic) bond motifs is 2. The van der Waals surface area contributed by atoms with Gasteiger partial charge in [-0.2, -0.15) is 77.1 Å². The standard InChI is InChI=1S/C45H35ClN12O30S8/c46-23-14-31(93(76,77)78)27(51-56-38-39(45(62)63)57-58(44(38)61)17-2-4-18(5-3-17)90(67,68)69)15-26(23)50-54-36-32(94(79,80)81)12-21-20(40(36)59)6-7-25(43(21)96(85,86)87)49-52-28-16-30(92(73,74)75)22-13-33(95(82,83)84)37(41(60)34(22)35(28)48)55-53-29-11-19(91(70,71)72)10-24(47)42(29)88-8-1-9-89(64,65)66/h2-7,10-16,59-61H,1,8-9,47-48H2,(H,62,63)(H,64,65,66)(H,67,68,69)(H,70,71,72)(H,73,74,75)(H,76,77,78)(H,79,80,81)(H,82,83,84)(H,85,86,87). The number of rotatable bonds is 22. The van der Waals surface area contributed by atoms with Gasteiger partial charge in [0, 0.05) is 16.2 Å². The van der Waals surface area contributed by atoms with Gasteiger partial charge in [0.1, 0.15) is 64.3 Å². The van der Waals surface area contributed by atoms with E-state index in [-0.39, 0.29) is 17.8 Å². The van der Waals surface area contributed by atoms with Crippen molar-refractivity contribution < 1.29 is 134 Å². The Labute approximate surface area is 540 Å². The maximum absolute atomic E-state index is 13.2. The van der Waals surface area contributed by atoms with Crippen molar-refractivity contribution in [2.45, 2.75) is 40.7 Å². The molecule has 0 aliphatic carbocycles. The predicted octanol–water partition coefficient (Wildman–Crippen LogP) is 6.86. The van der Waals surface area contributed by atoms with Gasteiger partial charge in [0.05, 0.1) is 49.6 Å². The number of phenols is 2. The van der Waals surface area contributed by atoms with Crippen LogP contribution in [-0.4, -0.2) is 152 Å². The number of aromatic hydroxyl groups is 3. The van der Waals surface area contributed by atoms with E-state index in [2.05, 4.69) is 46.0 Å². The van der Waals surface area contributed by atoms with Crippen LogP contribution in [0.3, 0.4) is 0 Å². The molecule has 0 amide bonds. The summed E-state index contributed by atoms with van der Waals surface area (Å²) in [5.74, 6) is -7.68. The molecule has 0 aliphatic heterocycles. The van der Waals surface area contributed by atoms with Crippen molar-refractivity contribution in [2.24, 2.45) is 40.9 Å². The zero-order valence-corrected chi connectivity index (χ0v) is 53.4. The topological polar surface area (TPSA) is 711 Å². The summed E-state index contributed by atoms with van der Waals surface area (Å²) < 4.78 is 285. The molecule has 0 unspecified atom stereocenters. The number of phenolic OH excluding ortho intramolecular Hbond substituents is 2. The van der Waals surface area contributed by atoms with Gasteiger partial charge in [-0.3, -0.25) is 36.4 Å². The van der Waals surface area contributed by atoms with Gasteiger partial charge in [-0.25, -0.2) is 4.79 Å². The Morgan fingerprint density at radius 2 is 1.00 bits per heavy atom. The number of carboxylic acid groups (broad SMARTS) is 1. The molecule has 16 N–H and O–H groups in total. The first-order valence-electron chi connectivity index (χ1n) is 24.4. The van der Waals surface area contributed by atoms with E-state index < -0.39 is 252 Å². The summed E-state index contributed by atoms with van der Waals surface area (Å²) >= 11 is 6.23. The van der Waals surface area contributed by atoms with Crippen LogP contribution in [0.5, 0.6) is 23.1 Å². The number of nitrogen functional groups attached to an aromatic ring is 2. The van der Waals surface area contributed by atoms with Crippen molar-refractivity contribution in [2.75, 3.05) is 23.8 Å². The average molecular weight is 1520 g/mol. The lowest BCUT2D eigenvalue weighted by Gasteiger charge is -2.15. The zero-order chi connectivity index (χ0) is 71.7. The average Bonchev–Trinajstić information content (AvgIpc) is 0.909. The molecule has 51 heteroatoms. The number of hydrogen-bond acceptors (Lipinski definition) is 32. The normalized spacial score (nSPS) is 13.3. The number of aromatic nitrogens is 2. The molecule has 0 radical (unpaired) electrons. The highest BCUT2D eigenvalue weighted by atomic mass is 35.5. The Morgan fingerprint density at radius 3 is 1.53 bits per heavy atom. The van der Waals surface area contributed by atoms with E-state index >= 15 is 0 Å². The van der Waals surface area contributed by atoms with E-state index in [1.165, 1.54) is 0 Å². The highest BCUT2D eigenvalue weighted by Crippen LogP contribution is 2.51. The van der Waals surface area contributed by atoms with Gasteiger partial charge in [-0.05, 0) is 85.3 Å². The number of anilines is 2. The lowest BCUT2D eigenvalue weighted by molar-refractivity contribution is 0.0690. The molecule has 96 heavy (non-hydrogen) atoms. The van der Waals surface area contributed by atoms with Gasteiger partial charge in [0.15, 0.2) is 22.9 Å². The van der Waals surface area contributed by atoms with E-state index in [9.17, 15) is 124 Å². The molecule has 0 aliphatic rings. The maximum atomic E-state index is 13.2. The largest absolute Gasteiger partial charge is 0.505 e. The Kier molecular flexibility index (Phi) is 19.3. The Bertz CT molecular complexity index is 5820. The molecule has 8 rings (SSSR count). The number of nitrogens with two attached hydrogens (primary N) is 2. The summed E-state index contributed by atoms with van der Waals surface area (Å²) in [5, 5.41) is 71.5. The van der Waals surface area contributed by atoms with Crippen molar-refractivity contribution in [1.29, 1.82) is 0 Å². The second-order valence-electron chi connectivity index (χ2n) is 18.9. The van der Waals surface area contributed by atoms with E-state index in [0.717, 1.165) is 24.3 Å². The second kappa shape index (κ2) is 25.6. The first kappa shape index (κ1) is 72.3. The molecule has 0 atom stereocenters. The molecule has 0 bridgehead atoms. The molecule has 0 saturated carbocycles. The lowest BCUT2D eigenvalue weighted by Crippen LogP contribution is -2.09. The fraction of sp³-hybridized carbons (Fsp3) is 0.0667. The highest BCUT2D eigenvalue weighted by Gasteiger charge is 2.32. The van der Waals surface area contributed by atoms with E-state index in [4.69, 9.17) is 32.4 Å². The lowest BCUT2D eigenvalue weighted by atomic mass is 10.0. The molecule has 0 spiro atoms. The fourth-order valence-electron chi connectivity index (χ4n) is 8.42. The van der Waals surface area contributed by atoms with Gasteiger partial charge in [-0.15, -0.1) is 40.9 Å². The first-order chi connectivity index (χ1) is 44.0. The molecular weight excluding hydrogens is 1480 g/mol. The minimum absolute atomic E-state index is 0.229. The number of benzene rings is 7. The van der Waals surface area contributed by atoms with Gasteiger partial charge in [0.25, 0.3) is 80.9 Å². The molecule has 1 aromatic heterocycles. The fourth-order valence-corrected chi connectivity index (χ4v) is 13.6. The summed E-state index contributed by atoms with van der Waals surface area (Å²) in [6.07, 6.45) is -0.472. The number of carbonyl (C=O) groups is 1. The number of nitrogens with zero attached hydrogens (tertiary/aromatic N) is 10. The molecular formula is C45H35ClN12O30S8. The molecule has 1 heterocycles. The van der Waals surface area contributed by atoms with Crippen LogP contribution in [0.25, 0.3) is 27.2 Å². The van der Waals surface area contributed by atoms with Crippen molar-refractivity contribution in [3.63, 3.8) is 0 Å². The Balaban J connectivity index is 1.26. The summed E-state index contributed by atoms with van der Waals surface area (Å²) in [6.45, 7) is -0.642. The maximum Gasteiger partial charge on any atom is 0.358 e. The number of azo groups is 4. The Hall–Kier alpha value is -9.49. The quantitative estimate of drug-likeness (QED) is 0.0143. The smallest absolute Gasteiger partial charge is 0.358 e. The second-order valence-corrected chi connectivity index (χ2v) is 30.6. The van der Waals surface area contributed by atoms with Gasteiger partial charge in [0.2, 0.25) is 11.6 Å². The van der Waals surface area contributed by atoms with Gasteiger partial charge < -0.3 is 36.6 Å². The SMILES string of the molecule is Nc1cc(S(=O)(=O)O)cc(N=Nc2c(S(=O)(=O)O)cc3c(S(=O)(=O)O)cc(N=Nc4ccc5c(O)c(N=Nc6cc(N=Nc7c(C(=O)O)nn(-c8ccc(S(=O)(=O)O)cc8)c7O)c(S(=O)(=O)O)cc6Cl)c(S(=O)(=O)O)cc5c4S(=O)(=O)O)c(N)c3c2O)c1OCCCS(=O)(=O)O. The van der Waals surface area contributed by atoms with Crippen LogP contribution < -0.4 is 16.2 Å². The predicted molar refractivity (Wildman–Crippen MR) is 322 cm³/mol. The van der Waals surface area contributed by atoms with Crippen LogP contribution >= 0.6 is 11.6 Å². The number of halogens is 1. The van der Waals surface area contributed by atoms with Crippen LogP contribution in [0, 0.1) is 0 Å². The van der Waals surface area contributed by atoms with Crippen LogP contribution in [0.1, 0.15) is 16.9 Å². The molecule has 0 fully saturated rings. The van der Waals surface area contributed by atoms with Crippen molar-refractivity contribution in [1.82, 2.24) is 9.78 Å².